The molecular weight excluding hydrogens is 212 g/mol. The van der Waals surface area contributed by atoms with Crippen LogP contribution in [0.25, 0.3) is 0 Å². The van der Waals surface area contributed by atoms with Crippen molar-refractivity contribution in [3.63, 3.8) is 0 Å². The van der Waals surface area contributed by atoms with Crippen LogP contribution in [0.4, 0.5) is 0 Å². The van der Waals surface area contributed by atoms with Crippen LogP contribution in [0.1, 0.15) is 38.3 Å². The smallest absolute Gasteiger partial charge is 0.121 e. The molecule has 1 aromatic carbocycles. The van der Waals surface area contributed by atoms with Gasteiger partial charge in [-0.05, 0) is 44.4 Å². The molecule has 0 radical (unpaired) electrons. The first-order valence-corrected chi connectivity index (χ1v) is 6.11. The normalized spacial score (nSPS) is 16.6. The van der Waals surface area contributed by atoms with Gasteiger partial charge in [-0.3, -0.25) is 5.32 Å². The van der Waals surface area contributed by atoms with Gasteiger partial charge in [0.05, 0.1) is 12.2 Å². The Bertz CT molecular complexity index is 418. The van der Waals surface area contributed by atoms with Crippen LogP contribution in [0.5, 0.6) is 5.75 Å². The fourth-order valence-corrected chi connectivity index (χ4v) is 1.73. The van der Waals surface area contributed by atoms with Crippen LogP contribution in [-0.2, 0) is 0 Å². The monoisotopic (exact) mass is 230 g/mol. The van der Waals surface area contributed by atoms with E-state index < -0.39 is 0 Å². The fraction of sp³-hybridized carbons (Fsp3) is 0.500. The zero-order chi connectivity index (χ0) is 12.3. The number of ether oxygens (including phenoxy) is 1. The molecule has 1 fully saturated rings. The number of nitrogens with one attached hydrogen (secondary N) is 1. The molecule has 17 heavy (non-hydrogen) atoms. The Hall–Kier alpha value is -1.53. The maximum Gasteiger partial charge on any atom is 0.121 e. The van der Waals surface area contributed by atoms with Crippen molar-refractivity contribution in [3.05, 3.63) is 29.8 Å². The van der Waals surface area contributed by atoms with E-state index in [9.17, 15) is 5.26 Å². The number of nitriles is 1. The van der Waals surface area contributed by atoms with Gasteiger partial charge < -0.3 is 4.74 Å². The molecule has 1 aliphatic rings. The average Bonchev–Trinajstić information content (AvgIpc) is 3.09. The second kappa shape index (κ2) is 5.20. The molecule has 1 N–H and O–H groups in total. The van der Waals surface area contributed by atoms with Crippen LogP contribution in [0.3, 0.4) is 0 Å². The molecule has 1 atom stereocenters. The average molecular weight is 230 g/mol. The summed E-state index contributed by atoms with van der Waals surface area (Å²) in [5, 5.41) is 12.5. The molecule has 1 aliphatic carbocycles. The topological polar surface area (TPSA) is 45.0 Å². The van der Waals surface area contributed by atoms with E-state index in [1.54, 1.807) is 0 Å². The summed E-state index contributed by atoms with van der Waals surface area (Å²) in [5.74, 6) is 0.829. The Morgan fingerprint density at radius 2 is 2.18 bits per heavy atom. The molecular formula is C14H18N2O. The quantitative estimate of drug-likeness (QED) is 0.846. The number of benzene rings is 1. The van der Waals surface area contributed by atoms with E-state index in [0.717, 1.165) is 11.3 Å². The van der Waals surface area contributed by atoms with E-state index in [1.165, 1.54) is 12.8 Å². The Morgan fingerprint density at radius 1 is 1.41 bits per heavy atom. The summed E-state index contributed by atoms with van der Waals surface area (Å²) in [6.07, 6.45) is 2.52. The van der Waals surface area contributed by atoms with Gasteiger partial charge in [0.25, 0.3) is 0 Å². The molecule has 0 aromatic heterocycles. The van der Waals surface area contributed by atoms with E-state index in [-0.39, 0.29) is 12.1 Å². The van der Waals surface area contributed by atoms with Crippen LogP contribution < -0.4 is 10.1 Å². The lowest BCUT2D eigenvalue weighted by molar-refractivity contribution is 0.242. The molecule has 1 unspecified atom stereocenters. The van der Waals surface area contributed by atoms with Gasteiger partial charge in [0.1, 0.15) is 11.8 Å². The molecule has 1 aromatic rings. The van der Waals surface area contributed by atoms with Gasteiger partial charge >= 0.3 is 0 Å². The molecule has 2 rings (SSSR count). The van der Waals surface area contributed by atoms with Gasteiger partial charge in [0.15, 0.2) is 0 Å². The summed E-state index contributed by atoms with van der Waals surface area (Å²) in [6, 6.07) is 10.4. The van der Waals surface area contributed by atoms with Gasteiger partial charge in [-0.15, -0.1) is 0 Å². The maximum atomic E-state index is 9.18. The van der Waals surface area contributed by atoms with Crippen LogP contribution >= 0.6 is 0 Å². The van der Waals surface area contributed by atoms with Crippen LogP contribution in [0.2, 0.25) is 0 Å². The summed E-state index contributed by atoms with van der Waals surface area (Å²) < 4.78 is 5.63. The summed E-state index contributed by atoms with van der Waals surface area (Å²) in [5.41, 5.74) is 0.984. The van der Waals surface area contributed by atoms with E-state index in [4.69, 9.17) is 4.74 Å². The van der Waals surface area contributed by atoms with Gasteiger partial charge in [-0.2, -0.15) is 5.26 Å². The third-order valence-electron chi connectivity index (χ3n) is 2.67. The highest BCUT2D eigenvalue weighted by Gasteiger charge is 2.25. The highest BCUT2D eigenvalue weighted by atomic mass is 16.5. The molecule has 0 amide bonds. The van der Waals surface area contributed by atoms with Crippen molar-refractivity contribution in [1.29, 1.82) is 5.26 Å². The van der Waals surface area contributed by atoms with E-state index >= 15 is 0 Å². The third-order valence-corrected chi connectivity index (χ3v) is 2.67. The van der Waals surface area contributed by atoms with Crippen LogP contribution in [-0.4, -0.2) is 12.1 Å². The molecule has 0 aliphatic heterocycles. The van der Waals surface area contributed by atoms with E-state index in [1.807, 2.05) is 38.1 Å². The highest BCUT2D eigenvalue weighted by molar-refractivity contribution is 5.33. The largest absolute Gasteiger partial charge is 0.491 e. The van der Waals surface area contributed by atoms with E-state index in [0.29, 0.717) is 6.04 Å². The minimum Gasteiger partial charge on any atom is -0.491 e. The molecule has 3 nitrogen and oxygen atoms in total. The summed E-state index contributed by atoms with van der Waals surface area (Å²) in [7, 11) is 0. The second-order valence-electron chi connectivity index (χ2n) is 4.74. The van der Waals surface area contributed by atoms with Crippen molar-refractivity contribution in [2.75, 3.05) is 0 Å². The fourth-order valence-electron chi connectivity index (χ4n) is 1.73. The molecule has 0 spiro atoms. The summed E-state index contributed by atoms with van der Waals surface area (Å²) in [6.45, 7) is 3.99. The van der Waals surface area contributed by atoms with Crippen LogP contribution in [0, 0.1) is 11.3 Å². The zero-order valence-corrected chi connectivity index (χ0v) is 10.3. The molecule has 3 heteroatoms. The van der Waals surface area contributed by atoms with Crippen LogP contribution in [0.15, 0.2) is 24.3 Å². The highest BCUT2D eigenvalue weighted by Crippen LogP contribution is 2.25. The Kier molecular flexibility index (Phi) is 3.65. The van der Waals surface area contributed by atoms with Gasteiger partial charge in [0.2, 0.25) is 0 Å². The maximum absolute atomic E-state index is 9.18. The first-order chi connectivity index (χ1) is 8.19. The Balaban J connectivity index is 2.10. The second-order valence-corrected chi connectivity index (χ2v) is 4.74. The molecule has 0 saturated heterocycles. The van der Waals surface area contributed by atoms with Crippen molar-refractivity contribution in [1.82, 2.24) is 5.32 Å². The lowest BCUT2D eigenvalue weighted by Crippen LogP contribution is -2.22. The first kappa shape index (κ1) is 11.9. The Labute approximate surface area is 102 Å². The van der Waals surface area contributed by atoms with Crippen molar-refractivity contribution in [2.24, 2.45) is 0 Å². The van der Waals surface area contributed by atoms with Crippen molar-refractivity contribution in [2.45, 2.75) is 44.9 Å². The number of hydrogen-bond acceptors (Lipinski definition) is 3. The first-order valence-electron chi connectivity index (χ1n) is 6.11. The number of nitrogens with zero attached hydrogens (tertiary/aromatic N) is 1. The lowest BCUT2D eigenvalue weighted by Gasteiger charge is -2.14. The summed E-state index contributed by atoms with van der Waals surface area (Å²) in [4.78, 5) is 0. The molecule has 0 heterocycles. The predicted octanol–water partition coefficient (Wildman–Crippen LogP) is 2.79. The third kappa shape index (κ3) is 3.47. The van der Waals surface area contributed by atoms with Crippen molar-refractivity contribution < 1.29 is 4.74 Å². The zero-order valence-electron chi connectivity index (χ0n) is 10.3. The van der Waals surface area contributed by atoms with Crippen molar-refractivity contribution >= 4 is 0 Å². The van der Waals surface area contributed by atoms with Gasteiger partial charge in [-0.1, -0.05) is 12.1 Å². The lowest BCUT2D eigenvalue weighted by atomic mass is 10.1. The molecule has 0 bridgehead atoms. The minimum atomic E-state index is -0.224. The summed E-state index contributed by atoms with van der Waals surface area (Å²) >= 11 is 0. The van der Waals surface area contributed by atoms with Gasteiger partial charge in [-0.25, -0.2) is 0 Å². The SMILES string of the molecule is CC(C)Oc1cccc(C(C#N)NC2CC2)c1. The number of rotatable bonds is 5. The minimum absolute atomic E-state index is 0.155. The van der Waals surface area contributed by atoms with Gasteiger partial charge in [0, 0.05) is 6.04 Å². The number of hydrogen-bond donors (Lipinski definition) is 1. The molecule has 90 valence electrons. The predicted molar refractivity (Wildman–Crippen MR) is 66.7 cm³/mol. The van der Waals surface area contributed by atoms with Crippen molar-refractivity contribution in [3.8, 4) is 11.8 Å². The Morgan fingerprint density at radius 3 is 2.76 bits per heavy atom. The standard InChI is InChI=1S/C14H18N2O/c1-10(2)17-13-5-3-4-11(8-13)14(9-15)16-12-6-7-12/h3-5,8,10,12,14,16H,6-7H2,1-2H3. The molecule has 1 saturated carbocycles. The van der Waals surface area contributed by atoms with E-state index in [2.05, 4.69) is 11.4 Å².